The van der Waals surface area contributed by atoms with Crippen LogP contribution in [0.15, 0.2) is 63.8 Å². The summed E-state index contributed by atoms with van der Waals surface area (Å²) in [6.45, 7) is 0.474. The summed E-state index contributed by atoms with van der Waals surface area (Å²) in [4.78, 5) is 4.78. The third-order valence-electron chi connectivity index (χ3n) is 4.12. The molecule has 0 radical (unpaired) electrons. The smallest absolute Gasteiger partial charge is 0.128 e. The highest BCUT2D eigenvalue weighted by atomic mass is 32.1. The highest BCUT2D eigenvalue weighted by Crippen LogP contribution is 2.33. The fourth-order valence-electron chi connectivity index (χ4n) is 2.96. The number of anilines is 1. The molecule has 0 aliphatic carbocycles. The van der Waals surface area contributed by atoms with E-state index in [0.29, 0.717) is 12.2 Å². The summed E-state index contributed by atoms with van der Waals surface area (Å²) in [7, 11) is 1.92. The first-order chi connectivity index (χ1) is 12.1. The minimum absolute atomic E-state index is 0.266. The van der Waals surface area contributed by atoms with Gasteiger partial charge in [-0.25, -0.2) is 4.39 Å². The molecule has 0 saturated carbocycles. The number of nitrogens with zero attached hydrogens (tertiary/aromatic N) is 2. The molecule has 0 atom stereocenters. The summed E-state index contributed by atoms with van der Waals surface area (Å²) in [5.41, 5.74) is 12.4. The zero-order valence-corrected chi connectivity index (χ0v) is 14.4. The second kappa shape index (κ2) is 6.22. The molecule has 2 aromatic carbocycles. The molecule has 1 aromatic heterocycles. The number of aryl methyl sites for hydroxylation is 1. The van der Waals surface area contributed by atoms with Gasteiger partial charge in [-0.05, 0) is 42.0 Å². The van der Waals surface area contributed by atoms with E-state index in [1.165, 1.54) is 24.0 Å². The van der Waals surface area contributed by atoms with Crippen LogP contribution in [0, 0.1) is 5.82 Å². The summed E-state index contributed by atoms with van der Waals surface area (Å²) >= 11 is 1.25. The Bertz CT molecular complexity index is 1010. The van der Waals surface area contributed by atoms with Crippen LogP contribution in [0.2, 0.25) is 0 Å². The summed E-state index contributed by atoms with van der Waals surface area (Å²) in [5.74, 6) is -0.266. The number of halogens is 1. The number of fused-ring (bicyclic) bond motifs is 3. The highest BCUT2D eigenvalue weighted by Gasteiger charge is 2.19. The lowest BCUT2D eigenvalue weighted by molar-refractivity contribution is 0.628. The van der Waals surface area contributed by atoms with Gasteiger partial charge in [0.1, 0.15) is 23.9 Å². The lowest BCUT2D eigenvalue weighted by Crippen LogP contribution is -2.05. The second-order valence-corrected chi connectivity index (χ2v) is 6.80. The van der Waals surface area contributed by atoms with E-state index in [1.54, 1.807) is 18.4 Å². The Balaban J connectivity index is 2.00. The molecule has 4 rings (SSSR count). The third kappa shape index (κ3) is 2.96. The van der Waals surface area contributed by atoms with Gasteiger partial charge in [-0.1, -0.05) is 6.07 Å². The van der Waals surface area contributed by atoms with Gasteiger partial charge in [0.15, 0.2) is 0 Å². The van der Waals surface area contributed by atoms with E-state index in [-0.39, 0.29) is 5.82 Å². The molecule has 126 valence electrons. The van der Waals surface area contributed by atoms with E-state index in [9.17, 15) is 4.39 Å². The predicted molar refractivity (Wildman–Crippen MR) is 98.8 cm³/mol. The first kappa shape index (κ1) is 15.7. The van der Waals surface area contributed by atoms with E-state index < -0.39 is 0 Å². The number of hydrogen-bond acceptors (Lipinski definition) is 4. The monoisotopic (exact) mass is 353 g/mol. The van der Waals surface area contributed by atoms with Gasteiger partial charge in [0, 0.05) is 41.2 Å². The Labute approximate surface area is 148 Å². The van der Waals surface area contributed by atoms with Crippen molar-refractivity contribution in [3.63, 3.8) is 0 Å². The fourth-order valence-corrected chi connectivity index (χ4v) is 3.40. The van der Waals surface area contributed by atoms with Gasteiger partial charge in [-0.15, -0.1) is 0 Å². The van der Waals surface area contributed by atoms with E-state index in [2.05, 4.69) is 0 Å². The maximum absolute atomic E-state index is 13.3. The molecule has 0 unspecified atom stereocenters. The molecule has 0 amide bonds. The van der Waals surface area contributed by atoms with Crippen molar-refractivity contribution in [1.29, 1.82) is 0 Å². The molecule has 0 saturated heterocycles. The largest absolute Gasteiger partial charge is 0.399 e. The van der Waals surface area contributed by atoms with E-state index in [0.717, 1.165) is 33.5 Å². The van der Waals surface area contributed by atoms with Crippen LogP contribution >= 0.6 is 11.8 Å². The molecule has 0 bridgehead atoms. The van der Waals surface area contributed by atoms with Crippen molar-refractivity contribution in [1.82, 2.24) is 3.96 Å². The van der Waals surface area contributed by atoms with E-state index >= 15 is 0 Å². The molecule has 6 heteroatoms. The Morgan fingerprint density at radius 3 is 2.72 bits per heavy atom. The first-order valence-electron chi connectivity index (χ1n) is 7.80. The van der Waals surface area contributed by atoms with Crippen molar-refractivity contribution in [3.8, 4) is 11.1 Å². The molecule has 0 spiro atoms. The fraction of sp³-hybridized carbons (Fsp3) is 0.105. The van der Waals surface area contributed by atoms with Gasteiger partial charge in [-0.3, -0.25) is 8.95 Å². The average molecular weight is 353 g/mol. The molecule has 0 fully saturated rings. The molecule has 1 aliphatic heterocycles. The zero-order valence-electron chi connectivity index (χ0n) is 13.6. The summed E-state index contributed by atoms with van der Waals surface area (Å²) in [5, 5.41) is 0. The van der Waals surface area contributed by atoms with E-state index in [4.69, 9.17) is 14.6 Å². The van der Waals surface area contributed by atoms with Crippen LogP contribution in [-0.4, -0.2) is 9.67 Å². The lowest BCUT2D eigenvalue weighted by atomic mass is 9.93. The van der Waals surface area contributed by atoms with Crippen LogP contribution in [-0.2, 0) is 13.6 Å². The highest BCUT2D eigenvalue weighted by molar-refractivity contribution is 6.96. The average Bonchev–Trinajstić information content (AvgIpc) is 2.86. The van der Waals surface area contributed by atoms with Crippen molar-refractivity contribution in [2.45, 2.75) is 6.54 Å². The van der Waals surface area contributed by atoms with Gasteiger partial charge in [-0.2, -0.15) is 0 Å². The molecule has 25 heavy (non-hydrogen) atoms. The van der Waals surface area contributed by atoms with E-state index in [1.807, 2.05) is 35.4 Å². The van der Waals surface area contributed by atoms with Crippen LogP contribution in [0.3, 0.4) is 0 Å². The summed E-state index contributed by atoms with van der Waals surface area (Å²) in [6, 6.07) is 12.2. The zero-order chi connectivity index (χ0) is 17.4. The van der Waals surface area contributed by atoms with Crippen LogP contribution < -0.4 is 5.73 Å². The van der Waals surface area contributed by atoms with Gasteiger partial charge in [0.25, 0.3) is 0 Å². The number of aromatic nitrogens is 1. The molecule has 1 aliphatic rings. The number of nitrogens with two attached hydrogens (primary N) is 1. The Morgan fingerprint density at radius 2 is 1.92 bits per heavy atom. The number of nitrogen functional groups attached to an aromatic ring is 1. The SMILES string of the molecule is Cn1cc2c(cos1)CN=C(c1ccc(F)cc1)c1ccc(N)cc1-2. The van der Waals surface area contributed by atoms with Crippen LogP contribution in [0.4, 0.5) is 10.1 Å². The van der Waals surface area contributed by atoms with Crippen LogP contribution in [0.1, 0.15) is 16.7 Å². The maximum Gasteiger partial charge on any atom is 0.128 e. The minimum atomic E-state index is -0.266. The van der Waals surface area contributed by atoms with Crippen LogP contribution in [0.25, 0.3) is 11.1 Å². The first-order valence-corrected chi connectivity index (χ1v) is 8.50. The van der Waals surface area contributed by atoms with Gasteiger partial charge in [0.2, 0.25) is 0 Å². The van der Waals surface area contributed by atoms with Crippen molar-refractivity contribution >= 4 is 23.2 Å². The predicted octanol–water partition coefficient (Wildman–Crippen LogP) is 4.54. The maximum atomic E-state index is 13.3. The molecular weight excluding hydrogens is 337 g/mol. The van der Waals surface area contributed by atoms with Crippen molar-refractivity contribution in [2.24, 2.45) is 12.0 Å². The Morgan fingerprint density at radius 1 is 1.12 bits per heavy atom. The van der Waals surface area contributed by atoms with Gasteiger partial charge < -0.3 is 9.58 Å². The topological polar surface area (TPSA) is 56.5 Å². The summed E-state index contributed by atoms with van der Waals surface area (Å²) < 4.78 is 20.7. The van der Waals surface area contributed by atoms with Crippen molar-refractivity contribution in [2.75, 3.05) is 5.73 Å². The molecule has 3 aromatic rings. The summed E-state index contributed by atoms with van der Waals surface area (Å²) in [6.07, 6.45) is 3.75. The number of rotatable bonds is 1. The number of benzene rings is 2. The van der Waals surface area contributed by atoms with Gasteiger partial charge in [0.05, 0.1) is 12.3 Å². The molecule has 4 nitrogen and oxygen atoms in total. The third-order valence-corrected chi connectivity index (χ3v) is 4.64. The molecular formula is C19H16FN3OS. The molecule has 2 N–H and O–H groups in total. The quantitative estimate of drug-likeness (QED) is 0.653. The minimum Gasteiger partial charge on any atom is -0.399 e. The second-order valence-electron chi connectivity index (χ2n) is 5.88. The number of aliphatic imine (C=N–C) groups is 1. The Hall–Kier alpha value is -2.86. The van der Waals surface area contributed by atoms with Crippen molar-refractivity contribution < 1.29 is 8.24 Å². The van der Waals surface area contributed by atoms with Crippen molar-refractivity contribution in [3.05, 3.63) is 77.4 Å². The lowest BCUT2D eigenvalue weighted by Gasteiger charge is -2.12. The standard InChI is InChI=1S/C19H16FN3OS/c1-23-10-18-13(11-24-25-23)9-22-19(12-2-4-14(20)5-3-12)16-7-6-15(21)8-17(16)18/h2-8,10-11H,9,21H2,1H3. The normalized spacial score (nSPS) is 12.6. The van der Waals surface area contributed by atoms with Crippen LogP contribution in [0.5, 0.6) is 0 Å². The number of hydrogen-bond donors (Lipinski definition) is 1. The molecule has 2 heterocycles. The van der Waals surface area contributed by atoms with Gasteiger partial charge >= 0.3 is 0 Å². The Kier molecular flexibility index (Phi) is 3.89.